The molecule has 4 nitrogen and oxygen atoms in total. The van der Waals surface area contributed by atoms with Gasteiger partial charge in [-0.3, -0.25) is 4.99 Å². The Morgan fingerprint density at radius 1 is 1.36 bits per heavy atom. The average molecular weight is 303 g/mol. The first-order chi connectivity index (χ1) is 10.8. The number of nitrogens with zero attached hydrogens (tertiary/aromatic N) is 1. The first-order valence-corrected chi connectivity index (χ1v) is 8.40. The van der Waals surface area contributed by atoms with Crippen LogP contribution in [0.2, 0.25) is 0 Å². The number of ether oxygens (including phenoxy) is 1. The van der Waals surface area contributed by atoms with Crippen LogP contribution in [0.3, 0.4) is 0 Å². The molecule has 22 heavy (non-hydrogen) atoms. The zero-order valence-corrected chi connectivity index (χ0v) is 13.8. The smallest absolute Gasteiger partial charge is 0.191 e. The van der Waals surface area contributed by atoms with Crippen LogP contribution in [0, 0.1) is 0 Å². The summed E-state index contributed by atoms with van der Waals surface area (Å²) in [5.41, 5.74) is 1.39. The van der Waals surface area contributed by atoms with Gasteiger partial charge in [-0.2, -0.15) is 0 Å². The van der Waals surface area contributed by atoms with Crippen molar-refractivity contribution in [3.63, 3.8) is 0 Å². The van der Waals surface area contributed by atoms with E-state index in [1.54, 1.807) is 0 Å². The van der Waals surface area contributed by atoms with E-state index in [1.165, 1.54) is 18.4 Å². The monoisotopic (exact) mass is 303 g/mol. The minimum atomic E-state index is 0.397. The Morgan fingerprint density at radius 2 is 2.18 bits per heavy atom. The lowest BCUT2D eigenvalue weighted by Crippen LogP contribution is -2.43. The Hall–Kier alpha value is -1.55. The predicted octanol–water partition coefficient (Wildman–Crippen LogP) is 2.74. The zero-order valence-electron chi connectivity index (χ0n) is 13.8. The van der Waals surface area contributed by atoms with Crippen LogP contribution in [0.5, 0.6) is 0 Å². The first kappa shape index (κ1) is 16.8. The fraction of sp³-hybridized carbons (Fsp3) is 0.611. The second-order valence-electron chi connectivity index (χ2n) is 5.99. The molecule has 122 valence electrons. The van der Waals surface area contributed by atoms with Crippen LogP contribution in [0.4, 0.5) is 0 Å². The summed E-state index contributed by atoms with van der Waals surface area (Å²) in [5.74, 6) is 0.888. The molecule has 0 aliphatic carbocycles. The molecule has 0 aromatic heterocycles. The molecule has 2 atom stereocenters. The standard InChI is InChI=1S/C18H29N3O/c1-15(10-11-16-7-4-3-5-8-16)21-18(19-2)20-13-12-17-9-6-14-22-17/h3-5,7-8,15,17H,6,9-14H2,1-2H3,(H2,19,20,21). The van der Waals surface area contributed by atoms with Gasteiger partial charge in [-0.1, -0.05) is 30.3 Å². The Balaban J connectivity index is 1.63. The molecular weight excluding hydrogens is 274 g/mol. The van der Waals surface area contributed by atoms with Gasteiger partial charge in [0, 0.05) is 26.2 Å². The molecule has 1 fully saturated rings. The Labute approximate surface area is 134 Å². The molecule has 1 aromatic carbocycles. The summed E-state index contributed by atoms with van der Waals surface area (Å²) in [6.07, 6.45) is 6.06. The number of aryl methyl sites for hydroxylation is 1. The van der Waals surface area contributed by atoms with Gasteiger partial charge in [0.1, 0.15) is 0 Å². The van der Waals surface area contributed by atoms with Gasteiger partial charge in [0.05, 0.1) is 6.10 Å². The van der Waals surface area contributed by atoms with Gasteiger partial charge in [0.15, 0.2) is 5.96 Å². The molecule has 0 saturated carbocycles. The highest BCUT2D eigenvalue weighted by molar-refractivity contribution is 5.79. The van der Waals surface area contributed by atoms with Gasteiger partial charge in [-0.15, -0.1) is 0 Å². The van der Waals surface area contributed by atoms with Gasteiger partial charge < -0.3 is 15.4 Å². The summed E-state index contributed by atoms with van der Waals surface area (Å²) >= 11 is 0. The quantitative estimate of drug-likeness (QED) is 0.601. The van der Waals surface area contributed by atoms with E-state index in [9.17, 15) is 0 Å². The third kappa shape index (κ3) is 6.06. The molecule has 2 N–H and O–H groups in total. The molecule has 0 amide bonds. The maximum Gasteiger partial charge on any atom is 0.191 e. The molecule has 4 heteroatoms. The fourth-order valence-electron chi connectivity index (χ4n) is 2.75. The maximum absolute atomic E-state index is 5.64. The van der Waals surface area contributed by atoms with Crippen molar-refractivity contribution in [1.82, 2.24) is 10.6 Å². The van der Waals surface area contributed by atoms with Crippen molar-refractivity contribution in [2.45, 2.75) is 51.2 Å². The van der Waals surface area contributed by atoms with E-state index in [-0.39, 0.29) is 0 Å². The lowest BCUT2D eigenvalue weighted by molar-refractivity contribution is 0.105. The van der Waals surface area contributed by atoms with Crippen LogP contribution in [-0.4, -0.2) is 38.3 Å². The minimum Gasteiger partial charge on any atom is -0.378 e. The average Bonchev–Trinajstić information content (AvgIpc) is 3.06. The van der Waals surface area contributed by atoms with Crippen LogP contribution < -0.4 is 10.6 Å². The molecule has 1 saturated heterocycles. The number of benzene rings is 1. The molecule has 2 rings (SSSR count). The minimum absolute atomic E-state index is 0.397. The molecule has 0 spiro atoms. The van der Waals surface area contributed by atoms with E-state index in [1.807, 2.05) is 7.05 Å². The summed E-state index contributed by atoms with van der Waals surface area (Å²) in [4.78, 5) is 4.30. The Kier molecular flexibility index (Phi) is 7.23. The summed E-state index contributed by atoms with van der Waals surface area (Å²) in [6.45, 7) is 4.04. The Bertz CT molecular complexity index is 441. The van der Waals surface area contributed by atoms with Crippen LogP contribution in [0.1, 0.15) is 38.2 Å². The van der Waals surface area contributed by atoms with Crippen LogP contribution in [0.15, 0.2) is 35.3 Å². The van der Waals surface area contributed by atoms with Crippen molar-refractivity contribution in [2.75, 3.05) is 20.2 Å². The third-order valence-corrected chi connectivity index (χ3v) is 4.10. The number of hydrogen-bond donors (Lipinski definition) is 2. The van der Waals surface area contributed by atoms with Crippen molar-refractivity contribution in [3.8, 4) is 0 Å². The van der Waals surface area contributed by atoms with Gasteiger partial charge in [0.2, 0.25) is 0 Å². The lowest BCUT2D eigenvalue weighted by atomic mass is 10.1. The van der Waals surface area contributed by atoms with E-state index in [4.69, 9.17) is 4.74 Å². The summed E-state index contributed by atoms with van der Waals surface area (Å²) in [5, 5.41) is 6.84. The highest BCUT2D eigenvalue weighted by Gasteiger charge is 2.15. The van der Waals surface area contributed by atoms with Gasteiger partial charge in [-0.05, 0) is 44.6 Å². The van der Waals surface area contributed by atoms with Crippen LogP contribution in [-0.2, 0) is 11.2 Å². The molecule has 0 bridgehead atoms. The summed E-state index contributed by atoms with van der Waals surface area (Å²) in [6, 6.07) is 11.0. The normalized spacial score (nSPS) is 19.9. The van der Waals surface area contributed by atoms with E-state index >= 15 is 0 Å². The molecule has 2 unspecified atom stereocenters. The highest BCUT2D eigenvalue weighted by atomic mass is 16.5. The predicted molar refractivity (Wildman–Crippen MR) is 92.3 cm³/mol. The van der Waals surface area contributed by atoms with Gasteiger partial charge in [-0.25, -0.2) is 0 Å². The van der Waals surface area contributed by atoms with Crippen LogP contribution in [0.25, 0.3) is 0 Å². The Morgan fingerprint density at radius 3 is 2.86 bits per heavy atom. The van der Waals surface area contributed by atoms with Crippen molar-refractivity contribution in [1.29, 1.82) is 0 Å². The molecule has 1 heterocycles. The topological polar surface area (TPSA) is 45.7 Å². The second-order valence-corrected chi connectivity index (χ2v) is 5.99. The van der Waals surface area contributed by atoms with Gasteiger partial charge >= 0.3 is 0 Å². The number of guanidine groups is 1. The lowest BCUT2D eigenvalue weighted by Gasteiger charge is -2.18. The number of rotatable bonds is 7. The van der Waals surface area contributed by atoms with Crippen molar-refractivity contribution < 1.29 is 4.74 Å². The number of nitrogens with one attached hydrogen (secondary N) is 2. The van der Waals surface area contributed by atoms with Crippen molar-refractivity contribution >= 4 is 5.96 Å². The zero-order chi connectivity index (χ0) is 15.6. The molecule has 1 aliphatic heterocycles. The van der Waals surface area contributed by atoms with Gasteiger partial charge in [0.25, 0.3) is 0 Å². The fourth-order valence-corrected chi connectivity index (χ4v) is 2.75. The molecule has 1 aromatic rings. The molecule has 0 radical (unpaired) electrons. The van der Waals surface area contributed by atoms with E-state index in [0.717, 1.165) is 38.4 Å². The third-order valence-electron chi connectivity index (χ3n) is 4.10. The molecular formula is C18H29N3O. The van der Waals surface area contributed by atoms with Crippen LogP contribution >= 0.6 is 0 Å². The van der Waals surface area contributed by atoms with Crippen molar-refractivity contribution in [3.05, 3.63) is 35.9 Å². The maximum atomic E-state index is 5.64. The number of aliphatic imine (C=N–C) groups is 1. The SMILES string of the molecule is CN=C(NCCC1CCCO1)NC(C)CCc1ccccc1. The number of hydrogen-bond acceptors (Lipinski definition) is 2. The van der Waals surface area contributed by atoms with E-state index in [2.05, 4.69) is 52.9 Å². The van der Waals surface area contributed by atoms with E-state index in [0.29, 0.717) is 12.1 Å². The van der Waals surface area contributed by atoms with E-state index < -0.39 is 0 Å². The largest absolute Gasteiger partial charge is 0.378 e. The highest BCUT2D eigenvalue weighted by Crippen LogP contribution is 2.14. The molecule has 1 aliphatic rings. The van der Waals surface area contributed by atoms with Crippen molar-refractivity contribution in [2.24, 2.45) is 4.99 Å². The summed E-state index contributed by atoms with van der Waals surface area (Å²) in [7, 11) is 1.82. The first-order valence-electron chi connectivity index (χ1n) is 8.40. The second kappa shape index (κ2) is 9.46. The summed E-state index contributed by atoms with van der Waals surface area (Å²) < 4.78 is 5.64.